The van der Waals surface area contributed by atoms with Crippen LogP contribution in [-0.4, -0.2) is 59.4 Å². The Hall–Kier alpha value is -2.96. The predicted octanol–water partition coefficient (Wildman–Crippen LogP) is 1.57. The highest BCUT2D eigenvalue weighted by Gasteiger charge is 2.25. The molecule has 0 atom stereocenters. The first-order valence-corrected chi connectivity index (χ1v) is 8.94. The second-order valence-electron chi connectivity index (χ2n) is 6.53. The number of aromatic nitrogens is 2. The maximum absolute atomic E-state index is 12.9. The highest BCUT2D eigenvalue weighted by molar-refractivity contribution is 5.99. The lowest BCUT2D eigenvalue weighted by Gasteiger charge is -2.34. The van der Waals surface area contributed by atoms with Gasteiger partial charge in [-0.2, -0.15) is 0 Å². The molecule has 2 fully saturated rings. The molecule has 2 aliphatic rings. The van der Waals surface area contributed by atoms with Crippen molar-refractivity contribution in [3.63, 3.8) is 0 Å². The fourth-order valence-corrected chi connectivity index (χ4v) is 3.47. The largest absolute Gasteiger partial charge is 0.337 e. The summed E-state index contributed by atoms with van der Waals surface area (Å²) >= 11 is 0. The summed E-state index contributed by atoms with van der Waals surface area (Å²) in [4.78, 5) is 39.0. The number of hydrogen-bond acceptors (Lipinski definition) is 5. The van der Waals surface area contributed by atoms with Crippen LogP contribution in [0.1, 0.15) is 23.2 Å². The molecule has 7 heteroatoms. The Morgan fingerprint density at radius 2 is 1.73 bits per heavy atom. The van der Waals surface area contributed by atoms with E-state index in [0.717, 1.165) is 18.7 Å². The number of carbonyl (C=O) groups is 2. The monoisotopic (exact) mass is 351 g/mol. The van der Waals surface area contributed by atoms with Gasteiger partial charge in [-0.25, -0.2) is 9.97 Å². The molecule has 4 rings (SSSR count). The summed E-state index contributed by atoms with van der Waals surface area (Å²) in [7, 11) is 0. The number of carbonyl (C=O) groups excluding carboxylic acids is 2. The number of anilines is 2. The van der Waals surface area contributed by atoms with E-state index in [2.05, 4.69) is 14.9 Å². The molecular formula is C19H21N5O2. The highest BCUT2D eigenvalue weighted by Crippen LogP contribution is 2.23. The number of piperazine rings is 1. The lowest BCUT2D eigenvalue weighted by atomic mass is 10.1. The van der Waals surface area contributed by atoms with E-state index in [9.17, 15) is 9.59 Å². The van der Waals surface area contributed by atoms with E-state index in [-0.39, 0.29) is 11.8 Å². The third-order valence-electron chi connectivity index (χ3n) is 4.88. The molecule has 0 aliphatic carbocycles. The van der Waals surface area contributed by atoms with Gasteiger partial charge in [0.25, 0.3) is 5.91 Å². The third-order valence-corrected chi connectivity index (χ3v) is 4.88. The van der Waals surface area contributed by atoms with Gasteiger partial charge in [-0.05, 0) is 30.7 Å². The maximum Gasteiger partial charge on any atom is 0.254 e. The van der Waals surface area contributed by atoms with Crippen molar-refractivity contribution in [2.24, 2.45) is 0 Å². The van der Waals surface area contributed by atoms with Gasteiger partial charge in [-0.3, -0.25) is 9.59 Å². The molecule has 2 saturated heterocycles. The van der Waals surface area contributed by atoms with E-state index in [0.29, 0.717) is 44.1 Å². The molecule has 134 valence electrons. The lowest BCUT2D eigenvalue weighted by molar-refractivity contribution is -0.117. The topological polar surface area (TPSA) is 69.6 Å². The van der Waals surface area contributed by atoms with Gasteiger partial charge in [0.05, 0.1) is 0 Å². The van der Waals surface area contributed by atoms with Crippen LogP contribution in [0, 0.1) is 0 Å². The number of rotatable bonds is 3. The first kappa shape index (κ1) is 16.5. The Labute approximate surface area is 152 Å². The minimum atomic E-state index is 0.00660. The fourth-order valence-electron chi connectivity index (χ4n) is 3.47. The average Bonchev–Trinajstić information content (AvgIpc) is 3.14. The summed E-state index contributed by atoms with van der Waals surface area (Å²) in [5, 5.41) is 0. The molecule has 0 bridgehead atoms. The number of benzene rings is 1. The third kappa shape index (κ3) is 3.24. The molecule has 0 radical (unpaired) electrons. The molecule has 0 saturated carbocycles. The van der Waals surface area contributed by atoms with E-state index in [4.69, 9.17) is 0 Å². The van der Waals surface area contributed by atoms with Crippen LogP contribution < -0.4 is 9.80 Å². The molecule has 0 N–H and O–H groups in total. The molecule has 3 heterocycles. The van der Waals surface area contributed by atoms with Crippen LogP contribution in [-0.2, 0) is 4.79 Å². The summed E-state index contributed by atoms with van der Waals surface area (Å²) in [6.45, 7) is 3.40. The van der Waals surface area contributed by atoms with Gasteiger partial charge in [0.2, 0.25) is 11.9 Å². The van der Waals surface area contributed by atoms with Crippen molar-refractivity contribution in [3.05, 3.63) is 48.3 Å². The SMILES string of the molecule is O=C(c1cccc(N2CCCC2=O)c1)N1CCN(c2ncccn2)CC1. The molecule has 1 aromatic heterocycles. The van der Waals surface area contributed by atoms with Crippen molar-refractivity contribution in [2.45, 2.75) is 12.8 Å². The fraction of sp³-hybridized carbons (Fsp3) is 0.368. The second-order valence-corrected chi connectivity index (χ2v) is 6.53. The van der Waals surface area contributed by atoms with Crippen molar-refractivity contribution in [2.75, 3.05) is 42.5 Å². The number of nitrogens with zero attached hydrogens (tertiary/aromatic N) is 5. The quantitative estimate of drug-likeness (QED) is 0.839. The van der Waals surface area contributed by atoms with Gasteiger partial charge >= 0.3 is 0 Å². The molecule has 1 aromatic carbocycles. The van der Waals surface area contributed by atoms with E-state index in [1.54, 1.807) is 23.4 Å². The van der Waals surface area contributed by atoms with Crippen LogP contribution in [0.4, 0.5) is 11.6 Å². The van der Waals surface area contributed by atoms with Crippen molar-refractivity contribution >= 4 is 23.5 Å². The summed E-state index contributed by atoms with van der Waals surface area (Å²) < 4.78 is 0. The average molecular weight is 351 g/mol. The Balaban J connectivity index is 1.43. The van der Waals surface area contributed by atoms with Crippen LogP contribution in [0.2, 0.25) is 0 Å². The van der Waals surface area contributed by atoms with Gasteiger partial charge in [-0.1, -0.05) is 6.07 Å². The molecule has 0 unspecified atom stereocenters. The van der Waals surface area contributed by atoms with E-state index >= 15 is 0 Å². The van der Waals surface area contributed by atoms with Gasteiger partial charge in [0, 0.05) is 62.8 Å². The second kappa shape index (κ2) is 7.11. The van der Waals surface area contributed by atoms with E-state index in [1.807, 2.05) is 29.2 Å². The summed E-state index contributed by atoms with van der Waals surface area (Å²) in [5.74, 6) is 0.840. The smallest absolute Gasteiger partial charge is 0.254 e. The molecule has 2 aromatic rings. The van der Waals surface area contributed by atoms with Crippen molar-refractivity contribution in [1.82, 2.24) is 14.9 Å². The van der Waals surface area contributed by atoms with Gasteiger partial charge in [-0.15, -0.1) is 0 Å². The van der Waals surface area contributed by atoms with Gasteiger partial charge in [0.15, 0.2) is 0 Å². The lowest BCUT2D eigenvalue weighted by Crippen LogP contribution is -2.49. The van der Waals surface area contributed by atoms with Gasteiger partial charge < -0.3 is 14.7 Å². The minimum absolute atomic E-state index is 0.00660. The van der Waals surface area contributed by atoms with Gasteiger partial charge in [0.1, 0.15) is 0 Å². The normalized spacial score (nSPS) is 17.7. The molecule has 26 heavy (non-hydrogen) atoms. The zero-order valence-corrected chi connectivity index (χ0v) is 14.5. The summed E-state index contributed by atoms with van der Waals surface area (Å²) in [6, 6.07) is 9.19. The Kier molecular flexibility index (Phi) is 4.51. The zero-order valence-electron chi connectivity index (χ0n) is 14.5. The Morgan fingerprint density at radius 3 is 2.42 bits per heavy atom. The van der Waals surface area contributed by atoms with Crippen LogP contribution >= 0.6 is 0 Å². The molecule has 7 nitrogen and oxygen atoms in total. The Bertz CT molecular complexity index is 803. The number of hydrogen-bond donors (Lipinski definition) is 0. The van der Waals surface area contributed by atoms with E-state index < -0.39 is 0 Å². The predicted molar refractivity (Wildman–Crippen MR) is 98.2 cm³/mol. The molecular weight excluding hydrogens is 330 g/mol. The summed E-state index contributed by atoms with van der Waals surface area (Å²) in [6.07, 6.45) is 4.91. The Morgan fingerprint density at radius 1 is 0.962 bits per heavy atom. The van der Waals surface area contributed by atoms with Crippen molar-refractivity contribution < 1.29 is 9.59 Å². The molecule has 2 aliphatic heterocycles. The first-order chi connectivity index (χ1) is 12.7. The minimum Gasteiger partial charge on any atom is -0.337 e. The standard InChI is InChI=1S/C19H21N5O2/c25-17-6-2-9-24(17)16-5-1-4-15(14-16)18(26)22-10-12-23(13-11-22)19-20-7-3-8-21-19/h1,3-5,7-8,14H,2,6,9-13H2. The highest BCUT2D eigenvalue weighted by atomic mass is 16.2. The van der Waals surface area contributed by atoms with E-state index in [1.165, 1.54) is 0 Å². The van der Waals surface area contributed by atoms with Crippen LogP contribution in [0.3, 0.4) is 0 Å². The van der Waals surface area contributed by atoms with Crippen LogP contribution in [0.25, 0.3) is 0 Å². The zero-order chi connectivity index (χ0) is 17.9. The maximum atomic E-state index is 12.9. The molecule has 2 amide bonds. The first-order valence-electron chi connectivity index (χ1n) is 8.94. The van der Waals surface area contributed by atoms with Crippen LogP contribution in [0.15, 0.2) is 42.7 Å². The van der Waals surface area contributed by atoms with Crippen molar-refractivity contribution in [3.8, 4) is 0 Å². The molecule has 0 spiro atoms. The summed E-state index contributed by atoms with van der Waals surface area (Å²) in [5.41, 5.74) is 1.45. The van der Waals surface area contributed by atoms with Crippen molar-refractivity contribution in [1.29, 1.82) is 0 Å². The van der Waals surface area contributed by atoms with Crippen LogP contribution in [0.5, 0.6) is 0 Å². The number of amides is 2.